The van der Waals surface area contributed by atoms with Gasteiger partial charge in [-0.3, -0.25) is 0 Å². The maximum Gasteiger partial charge on any atom is 0.163 e. The number of ether oxygens (including phenoxy) is 4. The van der Waals surface area contributed by atoms with Crippen LogP contribution in [0.2, 0.25) is 0 Å². The Morgan fingerprint density at radius 2 is 1.55 bits per heavy atom. The molecule has 3 aromatic rings. The third-order valence-electron chi connectivity index (χ3n) is 4.17. The predicted molar refractivity (Wildman–Crippen MR) is 107 cm³/mol. The molecule has 152 valence electrons. The molecule has 2 heterocycles. The first-order valence-electron chi connectivity index (χ1n) is 9.13. The molecular formula is C20H20FN3O4S. The van der Waals surface area contributed by atoms with Crippen molar-refractivity contribution in [3.8, 4) is 11.5 Å². The van der Waals surface area contributed by atoms with Crippen LogP contribution in [0, 0.1) is 5.82 Å². The number of benzene rings is 2. The quantitative estimate of drug-likeness (QED) is 0.502. The van der Waals surface area contributed by atoms with E-state index in [0.717, 1.165) is 5.39 Å². The van der Waals surface area contributed by atoms with Gasteiger partial charge in [0.15, 0.2) is 11.5 Å². The summed E-state index contributed by atoms with van der Waals surface area (Å²) in [6, 6.07) is 8.19. The van der Waals surface area contributed by atoms with Crippen LogP contribution in [0.25, 0.3) is 10.9 Å². The maximum atomic E-state index is 14.2. The number of aromatic nitrogens is 2. The molecule has 0 fully saturated rings. The van der Waals surface area contributed by atoms with Crippen LogP contribution in [0.3, 0.4) is 0 Å². The molecule has 1 aromatic heterocycles. The molecule has 0 saturated heterocycles. The number of nitrogens with two attached hydrogens (primary N) is 1. The van der Waals surface area contributed by atoms with Crippen LogP contribution in [0.15, 0.2) is 46.6 Å². The molecule has 1 aliphatic heterocycles. The number of hydrogen-bond donors (Lipinski definition) is 1. The standard InChI is InChI=1S/C20H20FN3O4S/c21-15-9-13(22)1-2-19(15)29-20-14-10-17-18(11-16(14)23-12-24-20)28-8-6-26-4-3-25-5-7-27-17/h1-2,9-12H,3-8,22H2. The maximum absolute atomic E-state index is 14.2. The van der Waals surface area contributed by atoms with Crippen molar-refractivity contribution in [1.29, 1.82) is 0 Å². The van der Waals surface area contributed by atoms with E-state index in [1.165, 1.54) is 24.2 Å². The lowest BCUT2D eigenvalue weighted by Crippen LogP contribution is -2.15. The van der Waals surface area contributed by atoms with Gasteiger partial charge in [0.2, 0.25) is 0 Å². The lowest BCUT2D eigenvalue weighted by atomic mass is 10.2. The molecule has 0 amide bonds. The molecule has 2 N–H and O–H groups in total. The summed E-state index contributed by atoms with van der Waals surface area (Å²) in [7, 11) is 0. The Labute approximate surface area is 171 Å². The zero-order valence-electron chi connectivity index (χ0n) is 15.6. The van der Waals surface area contributed by atoms with E-state index in [2.05, 4.69) is 9.97 Å². The largest absolute Gasteiger partial charge is 0.487 e. The number of nitrogen functional groups attached to an aromatic ring is 1. The van der Waals surface area contributed by atoms with Gasteiger partial charge in [-0.25, -0.2) is 14.4 Å². The van der Waals surface area contributed by atoms with E-state index in [0.29, 0.717) is 72.3 Å². The van der Waals surface area contributed by atoms with E-state index in [-0.39, 0.29) is 0 Å². The van der Waals surface area contributed by atoms with Crippen LogP contribution in [0.1, 0.15) is 0 Å². The number of rotatable bonds is 2. The molecule has 4 rings (SSSR count). The average molecular weight is 417 g/mol. The lowest BCUT2D eigenvalue weighted by molar-refractivity contribution is 0.0224. The normalized spacial score (nSPS) is 15.5. The van der Waals surface area contributed by atoms with Crippen molar-refractivity contribution in [2.24, 2.45) is 0 Å². The Morgan fingerprint density at radius 1 is 0.862 bits per heavy atom. The van der Waals surface area contributed by atoms with Crippen molar-refractivity contribution < 1.29 is 23.3 Å². The summed E-state index contributed by atoms with van der Waals surface area (Å²) < 4.78 is 36.9. The fraction of sp³-hybridized carbons (Fsp3) is 0.300. The molecule has 0 radical (unpaired) electrons. The van der Waals surface area contributed by atoms with Gasteiger partial charge in [0.1, 0.15) is 30.4 Å². The molecule has 0 saturated carbocycles. The van der Waals surface area contributed by atoms with Crippen molar-refractivity contribution in [2.45, 2.75) is 9.92 Å². The van der Waals surface area contributed by atoms with Gasteiger partial charge in [0, 0.05) is 22.0 Å². The smallest absolute Gasteiger partial charge is 0.163 e. The Morgan fingerprint density at radius 3 is 2.28 bits per heavy atom. The van der Waals surface area contributed by atoms with Crippen LogP contribution in [-0.4, -0.2) is 49.6 Å². The van der Waals surface area contributed by atoms with E-state index < -0.39 is 5.82 Å². The topological polar surface area (TPSA) is 88.7 Å². The fourth-order valence-corrected chi connectivity index (χ4v) is 3.67. The highest BCUT2D eigenvalue weighted by atomic mass is 32.2. The number of halogens is 1. The molecule has 0 bridgehead atoms. The Hall–Kier alpha value is -2.62. The highest BCUT2D eigenvalue weighted by molar-refractivity contribution is 7.99. The van der Waals surface area contributed by atoms with Gasteiger partial charge >= 0.3 is 0 Å². The van der Waals surface area contributed by atoms with E-state index in [4.69, 9.17) is 24.7 Å². The van der Waals surface area contributed by atoms with Gasteiger partial charge in [0.05, 0.1) is 31.9 Å². The van der Waals surface area contributed by atoms with E-state index in [9.17, 15) is 4.39 Å². The van der Waals surface area contributed by atoms with Crippen molar-refractivity contribution in [3.63, 3.8) is 0 Å². The molecule has 29 heavy (non-hydrogen) atoms. The number of anilines is 1. The third kappa shape index (κ3) is 4.87. The van der Waals surface area contributed by atoms with Gasteiger partial charge in [-0.2, -0.15) is 0 Å². The molecule has 9 heteroatoms. The first-order chi connectivity index (χ1) is 14.2. The summed E-state index contributed by atoms with van der Waals surface area (Å²) in [6.45, 7) is 2.65. The first kappa shape index (κ1) is 19.7. The van der Waals surface area contributed by atoms with Crippen LogP contribution < -0.4 is 15.2 Å². The van der Waals surface area contributed by atoms with Gasteiger partial charge < -0.3 is 24.7 Å². The van der Waals surface area contributed by atoms with E-state index in [1.807, 2.05) is 6.07 Å². The van der Waals surface area contributed by atoms with Gasteiger partial charge in [-0.05, 0) is 24.3 Å². The Balaban J connectivity index is 1.68. The second kappa shape index (κ2) is 9.25. The van der Waals surface area contributed by atoms with Crippen molar-refractivity contribution >= 4 is 28.4 Å². The van der Waals surface area contributed by atoms with Crippen molar-refractivity contribution in [3.05, 3.63) is 42.5 Å². The van der Waals surface area contributed by atoms with E-state index in [1.54, 1.807) is 18.2 Å². The van der Waals surface area contributed by atoms with Crippen molar-refractivity contribution in [1.82, 2.24) is 9.97 Å². The highest BCUT2D eigenvalue weighted by Gasteiger charge is 2.15. The summed E-state index contributed by atoms with van der Waals surface area (Å²) in [5.74, 6) is 0.718. The van der Waals surface area contributed by atoms with Crippen LogP contribution in [0.5, 0.6) is 11.5 Å². The summed E-state index contributed by atoms with van der Waals surface area (Å²) >= 11 is 1.20. The predicted octanol–water partition coefficient (Wildman–Crippen LogP) is 3.31. The van der Waals surface area contributed by atoms with E-state index >= 15 is 0 Å². The zero-order valence-corrected chi connectivity index (χ0v) is 16.4. The van der Waals surface area contributed by atoms with Gasteiger partial charge in [-0.1, -0.05) is 11.8 Å². The summed E-state index contributed by atoms with van der Waals surface area (Å²) in [4.78, 5) is 9.08. The molecule has 7 nitrogen and oxygen atoms in total. The van der Waals surface area contributed by atoms with Crippen molar-refractivity contribution in [2.75, 3.05) is 45.4 Å². The number of fused-ring (bicyclic) bond motifs is 2. The minimum absolute atomic E-state index is 0.366. The molecule has 0 unspecified atom stereocenters. The third-order valence-corrected chi connectivity index (χ3v) is 5.24. The molecule has 2 aromatic carbocycles. The average Bonchev–Trinajstić information content (AvgIpc) is 2.70. The number of nitrogens with zero attached hydrogens (tertiary/aromatic N) is 2. The van der Waals surface area contributed by atoms with Gasteiger partial charge in [0.25, 0.3) is 0 Å². The minimum atomic E-state index is -0.398. The lowest BCUT2D eigenvalue weighted by Gasteiger charge is -2.16. The summed E-state index contributed by atoms with van der Waals surface area (Å²) in [5.41, 5.74) is 6.68. The highest BCUT2D eigenvalue weighted by Crippen LogP contribution is 2.38. The van der Waals surface area contributed by atoms with Crippen LogP contribution in [-0.2, 0) is 9.47 Å². The number of hydrogen-bond acceptors (Lipinski definition) is 8. The molecule has 0 atom stereocenters. The van der Waals surface area contributed by atoms with Crippen LogP contribution >= 0.6 is 11.8 Å². The SMILES string of the molecule is Nc1ccc(Sc2ncnc3cc4c(cc23)OCCOCCOCCO4)c(F)c1. The Bertz CT molecular complexity index is 1000. The monoisotopic (exact) mass is 417 g/mol. The second-order valence-corrected chi connectivity index (χ2v) is 7.24. The zero-order chi connectivity index (χ0) is 20.1. The second-order valence-electron chi connectivity index (χ2n) is 6.21. The molecule has 0 spiro atoms. The van der Waals surface area contributed by atoms with Crippen LogP contribution in [0.4, 0.5) is 10.1 Å². The Kier molecular flexibility index (Phi) is 6.28. The fourth-order valence-electron chi connectivity index (χ4n) is 2.79. The first-order valence-corrected chi connectivity index (χ1v) is 9.95. The summed E-state index contributed by atoms with van der Waals surface area (Å²) in [5, 5.41) is 1.34. The summed E-state index contributed by atoms with van der Waals surface area (Å²) in [6.07, 6.45) is 1.44. The minimum Gasteiger partial charge on any atom is -0.487 e. The van der Waals surface area contributed by atoms with Gasteiger partial charge in [-0.15, -0.1) is 0 Å². The molecular weight excluding hydrogens is 397 g/mol. The molecule has 1 aliphatic rings. The molecule has 0 aliphatic carbocycles.